The molecule has 0 unspecified atom stereocenters. The molecule has 1 amide bonds. The molecule has 0 spiro atoms. The predicted molar refractivity (Wildman–Crippen MR) is 93.9 cm³/mol. The first kappa shape index (κ1) is 16.1. The van der Waals surface area contributed by atoms with E-state index in [1.165, 1.54) is 17.4 Å². The van der Waals surface area contributed by atoms with Crippen LogP contribution in [-0.2, 0) is 13.1 Å². The van der Waals surface area contributed by atoms with Crippen molar-refractivity contribution in [3.63, 3.8) is 0 Å². The Morgan fingerprint density at radius 3 is 2.67 bits per heavy atom. The number of hydrogen-bond donors (Lipinski definition) is 1. The predicted octanol–water partition coefficient (Wildman–Crippen LogP) is 2.98. The van der Waals surface area contributed by atoms with Crippen LogP contribution >= 0.6 is 11.3 Å². The molecule has 0 saturated heterocycles. The molecule has 0 atom stereocenters. The summed E-state index contributed by atoms with van der Waals surface area (Å²) in [7, 11) is 0. The van der Waals surface area contributed by atoms with E-state index >= 15 is 0 Å². The van der Waals surface area contributed by atoms with E-state index in [4.69, 9.17) is 0 Å². The molecule has 5 nitrogen and oxygen atoms in total. The van der Waals surface area contributed by atoms with Crippen LogP contribution < -0.4 is 5.56 Å². The number of hydrogen-bond acceptors (Lipinski definition) is 4. The fourth-order valence-corrected chi connectivity index (χ4v) is 3.12. The first-order valence-corrected chi connectivity index (χ1v) is 8.42. The number of nitrogens with zero attached hydrogens (tertiary/aromatic N) is 2. The van der Waals surface area contributed by atoms with Crippen molar-refractivity contribution in [2.24, 2.45) is 0 Å². The van der Waals surface area contributed by atoms with Crippen molar-refractivity contribution in [1.82, 2.24) is 14.9 Å². The Kier molecular flexibility index (Phi) is 4.86. The number of nitrogens with one attached hydrogen (secondary N) is 1. The molecule has 122 valence electrons. The quantitative estimate of drug-likeness (QED) is 0.777. The summed E-state index contributed by atoms with van der Waals surface area (Å²) in [6, 6.07) is 12.8. The number of benzene rings is 1. The standard InChI is InChI=1S/C18H17N3O2S/c1-13-9-15(10-16(22)20-13)18(23)21(12-17-19-7-8-24-17)11-14-5-3-2-4-6-14/h2-10H,11-12H2,1H3,(H,20,22). The van der Waals surface area contributed by atoms with E-state index in [0.717, 1.165) is 10.6 Å². The lowest BCUT2D eigenvalue weighted by Crippen LogP contribution is -2.31. The number of aryl methyl sites for hydroxylation is 1. The molecule has 1 N–H and O–H groups in total. The first-order chi connectivity index (χ1) is 11.6. The van der Waals surface area contributed by atoms with E-state index in [2.05, 4.69) is 9.97 Å². The number of carbonyl (C=O) groups is 1. The molecule has 0 saturated carbocycles. The van der Waals surface area contributed by atoms with Crippen molar-refractivity contribution in [2.75, 3.05) is 0 Å². The third-order valence-corrected chi connectivity index (χ3v) is 4.30. The fourth-order valence-electron chi connectivity index (χ4n) is 2.49. The number of pyridine rings is 1. The summed E-state index contributed by atoms with van der Waals surface area (Å²) >= 11 is 1.51. The average molecular weight is 339 g/mol. The first-order valence-electron chi connectivity index (χ1n) is 7.54. The third kappa shape index (κ3) is 3.97. The van der Waals surface area contributed by atoms with Crippen LogP contribution in [0.1, 0.15) is 26.6 Å². The van der Waals surface area contributed by atoms with Gasteiger partial charge in [-0.25, -0.2) is 4.98 Å². The molecule has 0 radical (unpaired) electrons. The van der Waals surface area contributed by atoms with Crippen LogP contribution in [0.4, 0.5) is 0 Å². The maximum absolute atomic E-state index is 12.9. The molecule has 2 aromatic heterocycles. The van der Waals surface area contributed by atoms with Gasteiger partial charge >= 0.3 is 0 Å². The zero-order chi connectivity index (χ0) is 16.9. The monoisotopic (exact) mass is 339 g/mol. The molecule has 0 aliphatic rings. The lowest BCUT2D eigenvalue weighted by molar-refractivity contribution is 0.0729. The van der Waals surface area contributed by atoms with Crippen molar-refractivity contribution in [2.45, 2.75) is 20.0 Å². The summed E-state index contributed by atoms with van der Waals surface area (Å²) in [6.07, 6.45) is 1.72. The number of carbonyl (C=O) groups excluding carboxylic acids is 1. The molecule has 0 fully saturated rings. The fraction of sp³-hybridized carbons (Fsp3) is 0.167. The second-order valence-corrected chi connectivity index (χ2v) is 6.47. The van der Waals surface area contributed by atoms with Crippen LogP contribution in [0.15, 0.2) is 58.8 Å². The Labute approximate surface area is 143 Å². The summed E-state index contributed by atoms with van der Waals surface area (Å²) in [5, 5.41) is 2.75. The van der Waals surface area contributed by atoms with Crippen LogP contribution in [0.3, 0.4) is 0 Å². The number of aromatic amines is 1. The Balaban J connectivity index is 1.90. The molecule has 0 aliphatic heterocycles. The molecule has 6 heteroatoms. The van der Waals surface area contributed by atoms with Gasteiger partial charge in [-0.3, -0.25) is 9.59 Å². The minimum Gasteiger partial charge on any atom is -0.328 e. The normalized spacial score (nSPS) is 10.5. The Hall–Kier alpha value is -2.73. The van der Waals surface area contributed by atoms with E-state index in [0.29, 0.717) is 24.3 Å². The van der Waals surface area contributed by atoms with E-state index < -0.39 is 0 Å². The van der Waals surface area contributed by atoms with Gasteiger partial charge in [0.2, 0.25) is 5.56 Å². The Morgan fingerprint density at radius 1 is 1.21 bits per heavy atom. The highest BCUT2D eigenvalue weighted by Gasteiger charge is 2.18. The van der Waals surface area contributed by atoms with Crippen LogP contribution in [0.5, 0.6) is 0 Å². The lowest BCUT2D eigenvalue weighted by atomic mass is 10.1. The van der Waals surface area contributed by atoms with Crippen molar-refractivity contribution < 1.29 is 4.79 Å². The van der Waals surface area contributed by atoms with Crippen molar-refractivity contribution in [1.29, 1.82) is 0 Å². The highest BCUT2D eigenvalue weighted by molar-refractivity contribution is 7.09. The molecular weight excluding hydrogens is 322 g/mol. The van der Waals surface area contributed by atoms with E-state index in [-0.39, 0.29) is 11.5 Å². The highest BCUT2D eigenvalue weighted by atomic mass is 32.1. The molecular formula is C18H17N3O2S. The number of H-pyrrole nitrogens is 1. The zero-order valence-corrected chi connectivity index (χ0v) is 14.0. The van der Waals surface area contributed by atoms with Crippen LogP contribution in [0.25, 0.3) is 0 Å². The van der Waals surface area contributed by atoms with Gasteiger partial charge < -0.3 is 9.88 Å². The third-order valence-electron chi connectivity index (χ3n) is 3.54. The largest absolute Gasteiger partial charge is 0.328 e. The van der Waals surface area contributed by atoms with Gasteiger partial charge in [0.05, 0.1) is 6.54 Å². The van der Waals surface area contributed by atoms with Gasteiger partial charge in [-0.05, 0) is 18.6 Å². The summed E-state index contributed by atoms with van der Waals surface area (Å²) < 4.78 is 0. The van der Waals surface area contributed by atoms with Crippen molar-refractivity contribution in [3.8, 4) is 0 Å². The number of thiazole rings is 1. The number of aromatic nitrogens is 2. The second-order valence-electron chi connectivity index (χ2n) is 5.49. The molecule has 1 aromatic carbocycles. The summed E-state index contributed by atoms with van der Waals surface area (Å²) in [6.45, 7) is 2.64. The van der Waals surface area contributed by atoms with Gasteiger partial charge in [0.25, 0.3) is 5.91 Å². The second kappa shape index (κ2) is 7.23. The summed E-state index contributed by atoms with van der Waals surface area (Å²) in [5.74, 6) is -0.178. The molecule has 0 bridgehead atoms. The van der Waals surface area contributed by atoms with E-state index in [1.807, 2.05) is 35.7 Å². The molecule has 0 aliphatic carbocycles. The molecule has 3 aromatic rings. The highest BCUT2D eigenvalue weighted by Crippen LogP contribution is 2.15. The SMILES string of the molecule is Cc1cc(C(=O)N(Cc2ccccc2)Cc2nccs2)cc(=O)[nH]1. The van der Waals surface area contributed by atoms with E-state index in [1.54, 1.807) is 24.1 Å². The minimum absolute atomic E-state index is 0.178. The number of amides is 1. The maximum Gasteiger partial charge on any atom is 0.254 e. The van der Waals surface area contributed by atoms with Gasteiger partial charge in [-0.15, -0.1) is 11.3 Å². The zero-order valence-electron chi connectivity index (χ0n) is 13.2. The van der Waals surface area contributed by atoms with Gasteiger partial charge in [0.15, 0.2) is 0 Å². The molecule has 3 rings (SSSR count). The van der Waals surface area contributed by atoms with Crippen molar-refractivity contribution in [3.05, 3.63) is 86.2 Å². The van der Waals surface area contributed by atoms with Crippen molar-refractivity contribution >= 4 is 17.2 Å². The maximum atomic E-state index is 12.9. The smallest absolute Gasteiger partial charge is 0.254 e. The topological polar surface area (TPSA) is 66.1 Å². The lowest BCUT2D eigenvalue weighted by Gasteiger charge is -2.22. The molecule has 24 heavy (non-hydrogen) atoms. The van der Waals surface area contributed by atoms with Crippen LogP contribution in [-0.4, -0.2) is 20.8 Å². The summed E-state index contributed by atoms with van der Waals surface area (Å²) in [4.78, 5) is 33.2. The van der Waals surface area contributed by atoms with Gasteiger partial charge in [-0.1, -0.05) is 30.3 Å². The Bertz CT molecular complexity index is 873. The Morgan fingerprint density at radius 2 is 2.00 bits per heavy atom. The molecule has 2 heterocycles. The van der Waals surface area contributed by atoms with E-state index in [9.17, 15) is 9.59 Å². The average Bonchev–Trinajstić information content (AvgIpc) is 3.07. The van der Waals surface area contributed by atoms with Gasteiger partial charge in [-0.2, -0.15) is 0 Å². The van der Waals surface area contributed by atoms with Gasteiger partial charge in [0, 0.05) is 35.4 Å². The van der Waals surface area contributed by atoms with Crippen LogP contribution in [0, 0.1) is 6.92 Å². The summed E-state index contributed by atoms with van der Waals surface area (Å²) in [5.41, 5.74) is 1.82. The van der Waals surface area contributed by atoms with Gasteiger partial charge in [0.1, 0.15) is 5.01 Å². The number of rotatable bonds is 5. The minimum atomic E-state index is -0.271. The van der Waals surface area contributed by atoms with Crippen LogP contribution in [0.2, 0.25) is 0 Å².